The largest absolute Gasteiger partial charge is 0.466 e. The van der Waals surface area contributed by atoms with Gasteiger partial charge >= 0.3 is 11.9 Å². The van der Waals surface area contributed by atoms with Crippen LogP contribution in [-0.2, 0) is 23.9 Å². The highest BCUT2D eigenvalue weighted by molar-refractivity contribution is 5.85. The van der Waals surface area contributed by atoms with E-state index < -0.39 is 23.0 Å². The van der Waals surface area contributed by atoms with Gasteiger partial charge in [0, 0.05) is 12.6 Å². The van der Waals surface area contributed by atoms with Gasteiger partial charge in [-0.2, -0.15) is 0 Å². The maximum Gasteiger partial charge on any atom is 0.309 e. The number of aliphatic hydroxyl groups excluding tert-OH is 1. The van der Waals surface area contributed by atoms with Gasteiger partial charge < -0.3 is 19.9 Å². The first-order chi connectivity index (χ1) is 14.1. The van der Waals surface area contributed by atoms with Gasteiger partial charge in [0.2, 0.25) is 5.91 Å². The molecule has 0 spiro atoms. The van der Waals surface area contributed by atoms with Crippen molar-refractivity contribution >= 4 is 17.8 Å². The maximum absolute atomic E-state index is 13.3. The van der Waals surface area contributed by atoms with Crippen LogP contribution in [0, 0.1) is 11.3 Å². The lowest BCUT2D eigenvalue weighted by Gasteiger charge is -2.33. The summed E-state index contributed by atoms with van der Waals surface area (Å²) in [6.45, 7) is 9.44. The zero-order valence-corrected chi connectivity index (χ0v) is 19.4. The Labute approximate surface area is 181 Å². The minimum atomic E-state index is -0.640. The van der Waals surface area contributed by atoms with Crippen LogP contribution in [0.5, 0.6) is 0 Å². The summed E-state index contributed by atoms with van der Waals surface area (Å²) in [4.78, 5) is 38.0. The van der Waals surface area contributed by atoms with Gasteiger partial charge in [-0.25, -0.2) is 0 Å². The molecule has 0 aromatic heterocycles. The van der Waals surface area contributed by atoms with Crippen molar-refractivity contribution in [1.29, 1.82) is 0 Å². The molecule has 0 aromatic carbocycles. The lowest BCUT2D eigenvalue weighted by atomic mass is 9.75. The molecular formula is C23H41NO6. The number of aliphatic hydroxyl groups is 1. The third-order valence-electron chi connectivity index (χ3n) is 5.59. The Morgan fingerprint density at radius 3 is 2.23 bits per heavy atom. The van der Waals surface area contributed by atoms with E-state index in [9.17, 15) is 19.5 Å². The first-order valence-electron chi connectivity index (χ1n) is 11.4. The number of rotatable bonds is 12. The van der Waals surface area contributed by atoms with E-state index in [1.54, 1.807) is 6.92 Å². The van der Waals surface area contributed by atoms with Gasteiger partial charge in [0.1, 0.15) is 5.60 Å². The molecule has 174 valence electrons. The van der Waals surface area contributed by atoms with Gasteiger partial charge in [0.05, 0.1) is 24.4 Å². The number of amides is 1. The van der Waals surface area contributed by atoms with Crippen LogP contribution in [0.25, 0.3) is 0 Å². The number of esters is 2. The Morgan fingerprint density at radius 1 is 1.10 bits per heavy atom. The van der Waals surface area contributed by atoms with E-state index in [0.717, 1.165) is 19.3 Å². The summed E-state index contributed by atoms with van der Waals surface area (Å²) in [5.74, 6) is -1.11. The third-order valence-corrected chi connectivity index (χ3v) is 5.59. The summed E-state index contributed by atoms with van der Waals surface area (Å²) in [5.41, 5.74) is -1.21. The second-order valence-corrected chi connectivity index (χ2v) is 9.40. The van der Waals surface area contributed by atoms with Crippen LogP contribution in [0.4, 0.5) is 0 Å². The molecule has 1 rings (SSSR count). The molecule has 1 amide bonds. The first kappa shape index (κ1) is 26.4. The molecule has 0 heterocycles. The number of ether oxygens (including phenoxy) is 2. The Bertz CT molecular complexity index is 563. The molecule has 0 radical (unpaired) electrons. The fourth-order valence-corrected chi connectivity index (χ4v) is 4.22. The molecule has 2 atom stereocenters. The smallest absolute Gasteiger partial charge is 0.309 e. The summed E-state index contributed by atoms with van der Waals surface area (Å²) in [5, 5.41) is 12.3. The molecule has 0 bridgehead atoms. The Balaban J connectivity index is 2.95. The highest BCUT2D eigenvalue weighted by Crippen LogP contribution is 2.45. The molecule has 2 N–H and O–H groups in total. The van der Waals surface area contributed by atoms with Crippen molar-refractivity contribution in [3.63, 3.8) is 0 Å². The van der Waals surface area contributed by atoms with Crippen LogP contribution in [0.3, 0.4) is 0 Å². The predicted molar refractivity (Wildman–Crippen MR) is 115 cm³/mol. The molecule has 1 aliphatic carbocycles. The Hall–Kier alpha value is -1.63. The van der Waals surface area contributed by atoms with Crippen LogP contribution in [0.1, 0.15) is 92.4 Å². The van der Waals surface area contributed by atoms with E-state index in [2.05, 4.69) is 5.32 Å². The van der Waals surface area contributed by atoms with E-state index in [1.807, 2.05) is 27.7 Å². The zero-order chi connectivity index (χ0) is 22.8. The normalized spacial score (nSPS) is 17.8. The molecular weight excluding hydrogens is 386 g/mol. The molecule has 1 aliphatic rings. The quantitative estimate of drug-likeness (QED) is 0.462. The molecule has 2 unspecified atom stereocenters. The Kier molecular flexibility index (Phi) is 10.8. The highest BCUT2D eigenvalue weighted by atomic mass is 16.6. The summed E-state index contributed by atoms with van der Waals surface area (Å²) in [6.07, 6.45) is 5.56. The van der Waals surface area contributed by atoms with Crippen LogP contribution in [-0.4, -0.2) is 47.8 Å². The standard InChI is InChI=1S/C23H41NO6/c1-6-10-17(20(27)30-22(3,4)5)16-23(12-8-9-13-23)21(28)24-18(11-14-25)15-19(26)29-7-2/h17-18,25H,6-16H2,1-5H3,(H,24,28). The number of carbonyl (C=O) groups excluding carboxylic acids is 3. The number of nitrogens with one attached hydrogen (secondary N) is 1. The lowest BCUT2D eigenvalue weighted by molar-refractivity contribution is -0.162. The molecule has 1 saturated carbocycles. The second-order valence-electron chi connectivity index (χ2n) is 9.40. The second kappa shape index (κ2) is 12.3. The molecule has 7 nitrogen and oxygen atoms in total. The Morgan fingerprint density at radius 2 is 1.73 bits per heavy atom. The molecule has 0 aromatic rings. The molecule has 1 fully saturated rings. The van der Waals surface area contributed by atoms with Crippen LogP contribution in [0.15, 0.2) is 0 Å². The van der Waals surface area contributed by atoms with Crippen molar-refractivity contribution in [3.8, 4) is 0 Å². The minimum absolute atomic E-state index is 0.0284. The number of hydrogen-bond acceptors (Lipinski definition) is 6. The molecule has 7 heteroatoms. The van der Waals surface area contributed by atoms with E-state index in [-0.39, 0.29) is 43.8 Å². The van der Waals surface area contributed by atoms with Gasteiger partial charge in [-0.1, -0.05) is 26.2 Å². The SMILES string of the molecule is CCCC(CC1(C(=O)NC(CCO)CC(=O)OCC)CCCC1)C(=O)OC(C)(C)C. The summed E-state index contributed by atoms with van der Waals surface area (Å²) in [6, 6.07) is -0.481. The van der Waals surface area contributed by atoms with Crippen molar-refractivity contribution in [2.75, 3.05) is 13.2 Å². The maximum atomic E-state index is 13.3. The number of hydrogen-bond donors (Lipinski definition) is 2. The molecule has 0 aliphatic heterocycles. The fourth-order valence-electron chi connectivity index (χ4n) is 4.22. The van der Waals surface area contributed by atoms with Gasteiger partial charge in [-0.05, 0) is 59.8 Å². The average Bonchev–Trinajstić information content (AvgIpc) is 3.10. The van der Waals surface area contributed by atoms with Crippen molar-refractivity contribution in [2.45, 2.75) is 104 Å². The van der Waals surface area contributed by atoms with Crippen LogP contribution >= 0.6 is 0 Å². The van der Waals surface area contributed by atoms with Gasteiger partial charge in [0.15, 0.2) is 0 Å². The summed E-state index contributed by atoms with van der Waals surface area (Å²) in [7, 11) is 0. The third kappa shape index (κ3) is 8.62. The monoisotopic (exact) mass is 427 g/mol. The van der Waals surface area contributed by atoms with Crippen LogP contribution in [0.2, 0.25) is 0 Å². The summed E-state index contributed by atoms with van der Waals surface area (Å²) >= 11 is 0. The number of carbonyl (C=O) groups is 3. The molecule has 30 heavy (non-hydrogen) atoms. The zero-order valence-electron chi connectivity index (χ0n) is 19.4. The first-order valence-corrected chi connectivity index (χ1v) is 11.4. The average molecular weight is 428 g/mol. The van der Waals surface area contributed by atoms with Gasteiger partial charge in [-0.15, -0.1) is 0 Å². The van der Waals surface area contributed by atoms with Crippen molar-refractivity contribution in [1.82, 2.24) is 5.32 Å². The van der Waals surface area contributed by atoms with Crippen molar-refractivity contribution in [3.05, 3.63) is 0 Å². The summed E-state index contributed by atoms with van der Waals surface area (Å²) < 4.78 is 10.6. The van der Waals surface area contributed by atoms with E-state index in [1.165, 1.54) is 0 Å². The predicted octanol–water partition coefficient (Wildman–Crippen LogP) is 3.52. The van der Waals surface area contributed by atoms with Gasteiger partial charge in [-0.3, -0.25) is 14.4 Å². The highest BCUT2D eigenvalue weighted by Gasteiger charge is 2.45. The van der Waals surface area contributed by atoms with E-state index in [4.69, 9.17) is 9.47 Å². The molecule has 0 saturated heterocycles. The van der Waals surface area contributed by atoms with E-state index in [0.29, 0.717) is 25.7 Å². The van der Waals surface area contributed by atoms with Gasteiger partial charge in [0.25, 0.3) is 0 Å². The lowest BCUT2D eigenvalue weighted by Crippen LogP contribution is -2.47. The van der Waals surface area contributed by atoms with Crippen molar-refractivity contribution in [2.24, 2.45) is 11.3 Å². The fraction of sp³-hybridized carbons (Fsp3) is 0.870. The topological polar surface area (TPSA) is 102 Å². The van der Waals surface area contributed by atoms with Crippen LogP contribution < -0.4 is 5.32 Å². The van der Waals surface area contributed by atoms with Crippen molar-refractivity contribution < 1.29 is 29.0 Å². The van der Waals surface area contributed by atoms with E-state index >= 15 is 0 Å². The minimum Gasteiger partial charge on any atom is -0.466 e.